The summed E-state index contributed by atoms with van der Waals surface area (Å²) in [6, 6.07) is -0.457. The van der Waals surface area contributed by atoms with E-state index in [2.05, 4.69) is 0 Å². The zero-order valence-electron chi connectivity index (χ0n) is 9.54. The normalized spacial score (nSPS) is 21.5. The van der Waals surface area contributed by atoms with Crippen LogP contribution in [0.2, 0.25) is 0 Å². The number of ether oxygens (including phenoxy) is 1. The summed E-state index contributed by atoms with van der Waals surface area (Å²) < 4.78 is 5.23. The fraction of sp³-hybridized carbons (Fsp3) is 0.909. The van der Waals surface area contributed by atoms with E-state index >= 15 is 0 Å². The van der Waals surface area contributed by atoms with Gasteiger partial charge in [0.05, 0.1) is 0 Å². The lowest BCUT2D eigenvalue weighted by atomic mass is 9.97. The molecule has 2 atom stereocenters. The third-order valence-corrected chi connectivity index (χ3v) is 2.61. The van der Waals surface area contributed by atoms with Crippen LogP contribution in [-0.2, 0) is 9.53 Å². The smallest absolute Gasteiger partial charge is 0.323 e. The van der Waals surface area contributed by atoms with Crippen LogP contribution >= 0.6 is 0 Å². The van der Waals surface area contributed by atoms with E-state index in [1.807, 2.05) is 27.7 Å². The Hall–Kier alpha value is -0.570. The van der Waals surface area contributed by atoms with Gasteiger partial charge in [-0.1, -0.05) is 6.92 Å². The van der Waals surface area contributed by atoms with Crippen molar-refractivity contribution in [3.8, 4) is 0 Å². The number of carbonyl (C=O) groups excluding carboxylic acids is 1. The van der Waals surface area contributed by atoms with Crippen LogP contribution in [0.25, 0.3) is 0 Å². The zero-order chi connectivity index (χ0) is 10.9. The lowest BCUT2D eigenvalue weighted by Crippen LogP contribution is -2.42. The minimum atomic E-state index is -0.457. The van der Waals surface area contributed by atoms with E-state index in [0.717, 1.165) is 0 Å². The summed E-state index contributed by atoms with van der Waals surface area (Å²) in [5.41, 5.74) is 5.40. The van der Waals surface area contributed by atoms with Gasteiger partial charge in [-0.3, -0.25) is 4.79 Å². The van der Waals surface area contributed by atoms with Gasteiger partial charge in [-0.05, 0) is 45.4 Å². The van der Waals surface area contributed by atoms with Crippen LogP contribution < -0.4 is 5.73 Å². The van der Waals surface area contributed by atoms with E-state index in [1.54, 1.807) is 0 Å². The summed E-state index contributed by atoms with van der Waals surface area (Å²) in [5, 5.41) is 0. The second-order valence-electron chi connectivity index (χ2n) is 5.26. The van der Waals surface area contributed by atoms with Crippen molar-refractivity contribution >= 4 is 5.97 Å². The Labute approximate surface area is 86.0 Å². The summed E-state index contributed by atoms with van der Waals surface area (Å²) in [4.78, 5) is 11.6. The molecule has 2 N–H and O–H groups in total. The lowest BCUT2D eigenvalue weighted by molar-refractivity contribution is -0.157. The van der Waals surface area contributed by atoms with Gasteiger partial charge >= 0.3 is 5.97 Å². The van der Waals surface area contributed by atoms with E-state index in [9.17, 15) is 4.79 Å². The molecule has 0 bridgehead atoms. The maximum Gasteiger partial charge on any atom is 0.323 e. The molecule has 2 unspecified atom stereocenters. The van der Waals surface area contributed by atoms with E-state index < -0.39 is 11.6 Å². The minimum absolute atomic E-state index is 0.254. The molecule has 0 radical (unpaired) electrons. The number of esters is 1. The molecule has 1 aliphatic carbocycles. The molecule has 0 aromatic rings. The van der Waals surface area contributed by atoms with Gasteiger partial charge in [0, 0.05) is 0 Å². The second-order valence-corrected chi connectivity index (χ2v) is 5.26. The fourth-order valence-electron chi connectivity index (χ4n) is 1.50. The van der Waals surface area contributed by atoms with Crippen molar-refractivity contribution in [2.75, 3.05) is 0 Å². The van der Waals surface area contributed by atoms with E-state index in [1.165, 1.54) is 12.8 Å². The molecular formula is C11H21NO2. The van der Waals surface area contributed by atoms with Crippen molar-refractivity contribution in [3.05, 3.63) is 0 Å². The number of hydrogen-bond donors (Lipinski definition) is 1. The number of hydrogen-bond acceptors (Lipinski definition) is 3. The Morgan fingerprint density at radius 1 is 1.43 bits per heavy atom. The van der Waals surface area contributed by atoms with Crippen molar-refractivity contribution in [2.45, 2.75) is 52.2 Å². The maximum absolute atomic E-state index is 11.6. The van der Waals surface area contributed by atoms with Crippen LogP contribution in [0, 0.1) is 11.8 Å². The van der Waals surface area contributed by atoms with Crippen molar-refractivity contribution in [3.63, 3.8) is 0 Å². The quantitative estimate of drug-likeness (QED) is 0.704. The minimum Gasteiger partial charge on any atom is -0.459 e. The van der Waals surface area contributed by atoms with Gasteiger partial charge in [0.15, 0.2) is 0 Å². The zero-order valence-corrected chi connectivity index (χ0v) is 9.54. The monoisotopic (exact) mass is 199 g/mol. The van der Waals surface area contributed by atoms with Crippen LogP contribution in [0.1, 0.15) is 40.5 Å². The molecule has 0 spiro atoms. The summed E-state index contributed by atoms with van der Waals surface area (Å²) >= 11 is 0. The van der Waals surface area contributed by atoms with Crippen LogP contribution in [0.15, 0.2) is 0 Å². The van der Waals surface area contributed by atoms with Crippen molar-refractivity contribution in [1.29, 1.82) is 0 Å². The van der Waals surface area contributed by atoms with E-state index in [-0.39, 0.29) is 11.9 Å². The Kier molecular flexibility index (Phi) is 3.20. The molecule has 1 aliphatic rings. The Morgan fingerprint density at radius 3 is 2.29 bits per heavy atom. The first-order chi connectivity index (χ1) is 6.31. The molecule has 0 heterocycles. The summed E-state index contributed by atoms with van der Waals surface area (Å²) in [6.07, 6.45) is 2.41. The SMILES string of the molecule is CC(C1CC1)C(N)C(=O)OC(C)(C)C. The molecule has 1 fully saturated rings. The first-order valence-electron chi connectivity index (χ1n) is 5.29. The second kappa shape index (κ2) is 3.89. The Morgan fingerprint density at radius 2 is 1.93 bits per heavy atom. The van der Waals surface area contributed by atoms with Gasteiger partial charge in [-0.2, -0.15) is 0 Å². The molecule has 3 nitrogen and oxygen atoms in total. The Balaban J connectivity index is 2.43. The highest BCUT2D eigenvalue weighted by Crippen LogP contribution is 2.38. The van der Waals surface area contributed by atoms with Gasteiger partial charge in [-0.15, -0.1) is 0 Å². The predicted octanol–water partition coefficient (Wildman–Crippen LogP) is 1.70. The number of rotatable bonds is 3. The third-order valence-electron chi connectivity index (χ3n) is 2.61. The van der Waals surface area contributed by atoms with Crippen molar-refractivity contribution in [2.24, 2.45) is 17.6 Å². The molecule has 0 saturated heterocycles. The average molecular weight is 199 g/mol. The highest BCUT2D eigenvalue weighted by atomic mass is 16.6. The average Bonchev–Trinajstić information content (AvgIpc) is 2.80. The van der Waals surface area contributed by atoms with Crippen LogP contribution in [0.3, 0.4) is 0 Å². The molecule has 3 heteroatoms. The molecule has 82 valence electrons. The number of nitrogens with two attached hydrogens (primary N) is 1. The van der Waals surface area contributed by atoms with E-state index in [4.69, 9.17) is 10.5 Å². The standard InChI is InChI=1S/C11H21NO2/c1-7(8-5-6-8)9(12)10(13)14-11(2,3)4/h7-9H,5-6,12H2,1-4H3. The largest absolute Gasteiger partial charge is 0.459 e. The molecule has 14 heavy (non-hydrogen) atoms. The van der Waals surface area contributed by atoms with Crippen molar-refractivity contribution in [1.82, 2.24) is 0 Å². The first kappa shape index (κ1) is 11.5. The molecule has 1 saturated carbocycles. The molecular weight excluding hydrogens is 178 g/mol. The molecule has 1 rings (SSSR count). The summed E-state index contributed by atoms with van der Waals surface area (Å²) in [5.74, 6) is 0.624. The lowest BCUT2D eigenvalue weighted by Gasteiger charge is -2.24. The van der Waals surface area contributed by atoms with Gasteiger partial charge in [0.25, 0.3) is 0 Å². The van der Waals surface area contributed by atoms with Gasteiger partial charge in [0.2, 0.25) is 0 Å². The summed E-state index contributed by atoms with van der Waals surface area (Å²) in [6.45, 7) is 7.62. The maximum atomic E-state index is 11.6. The molecule has 0 aromatic heterocycles. The summed E-state index contributed by atoms with van der Waals surface area (Å²) in [7, 11) is 0. The van der Waals surface area contributed by atoms with Crippen LogP contribution in [0.4, 0.5) is 0 Å². The molecule has 0 amide bonds. The Bertz CT molecular complexity index is 216. The topological polar surface area (TPSA) is 52.3 Å². The highest BCUT2D eigenvalue weighted by molar-refractivity contribution is 5.76. The van der Waals surface area contributed by atoms with Crippen LogP contribution in [-0.4, -0.2) is 17.6 Å². The molecule has 0 aromatic carbocycles. The van der Waals surface area contributed by atoms with Gasteiger partial charge < -0.3 is 10.5 Å². The molecule has 0 aliphatic heterocycles. The van der Waals surface area contributed by atoms with Gasteiger partial charge in [0.1, 0.15) is 11.6 Å². The first-order valence-corrected chi connectivity index (χ1v) is 5.29. The van der Waals surface area contributed by atoms with E-state index in [0.29, 0.717) is 5.92 Å². The third kappa shape index (κ3) is 3.29. The number of carbonyl (C=O) groups is 1. The fourth-order valence-corrected chi connectivity index (χ4v) is 1.50. The predicted molar refractivity (Wildman–Crippen MR) is 55.7 cm³/mol. The highest BCUT2D eigenvalue weighted by Gasteiger charge is 2.36. The van der Waals surface area contributed by atoms with Crippen LogP contribution in [0.5, 0.6) is 0 Å². The van der Waals surface area contributed by atoms with Crippen molar-refractivity contribution < 1.29 is 9.53 Å². The van der Waals surface area contributed by atoms with Gasteiger partial charge in [-0.25, -0.2) is 0 Å².